The van der Waals surface area contributed by atoms with Crippen molar-refractivity contribution in [3.8, 4) is 0 Å². The van der Waals surface area contributed by atoms with E-state index in [1.54, 1.807) is 0 Å². The molecule has 0 saturated carbocycles. The Labute approximate surface area is 121 Å². The molecular formula is C16H25ClN2. The first-order chi connectivity index (χ1) is 9.08. The molecule has 3 atom stereocenters. The number of rotatable bonds is 4. The molecule has 0 bridgehead atoms. The normalized spacial score (nSPS) is 26.3. The average molecular weight is 281 g/mol. The molecule has 1 aliphatic rings. The van der Waals surface area contributed by atoms with Gasteiger partial charge in [0.2, 0.25) is 0 Å². The lowest BCUT2D eigenvalue weighted by Crippen LogP contribution is -2.41. The second kappa shape index (κ2) is 6.74. The molecule has 1 aliphatic heterocycles. The van der Waals surface area contributed by atoms with E-state index in [2.05, 4.69) is 18.7 Å². The molecule has 3 unspecified atom stereocenters. The van der Waals surface area contributed by atoms with Crippen molar-refractivity contribution in [2.45, 2.75) is 45.2 Å². The highest BCUT2D eigenvalue weighted by Gasteiger charge is 2.23. The molecule has 0 amide bonds. The molecule has 0 aromatic heterocycles. The van der Waals surface area contributed by atoms with Gasteiger partial charge in [-0.05, 0) is 50.3 Å². The summed E-state index contributed by atoms with van der Waals surface area (Å²) in [6, 6.07) is 8.64. The van der Waals surface area contributed by atoms with E-state index in [9.17, 15) is 0 Å². The fourth-order valence-corrected chi connectivity index (χ4v) is 3.30. The van der Waals surface area contributed by atoms with Crippen LogP contribution in [-0.2, 0) is 0 Å². The van der Waals surface area contributed by atoms with Crippen LogP contribution in [0.1, 0.15) is 44.7 Å². The van der Waals surface area contributed by atoms with Crippen molar-refractivity contribution in [2.24, 2.45) is 11.7 Å². The molecule has 2 nitrogen and oxygen atoms in total. The van der Waals surface area contributed by atoms with Gasteiger partial charge in [-0.15, -0.1) is 0 Å². The maximum Gasteiger partial charge on any atom is 0.0453 e. The molecule has 1 heterocycles. The number of nitrogens with zero attached hydrogens (tertiary/aromatic N) is 1. The lowest BCUT2D eigenvalue weighted by molar-refractivity contribution is 0.125. The molecule has 1 fully saturated rings. The van der Waals surface area contributed by atoms with Gasteiger partial charge in [-0.3, -0.25) is 0 Å². The Bertz CT molecular complexity index is 407. The number of halogens is 1. The molecule has 1 saturated heterocycles. The summed E-state index contributed by atoms with van der Waals surface area (Å²) in [6.07, 6.45) is 3.59. The molecule has 106 valence electrons. The van der Waals surface area contributed by atoms with Crippen LogP contribution >= 0.6 is 11.6 Å². The SMILES string of the molecule is CC1CCN(CCC(N)c2ccccc2Cl)C(C)C1. The van der Waals surface area contributed by atoms with Crippen molar-refractivity contribution in [3.05, 3.63) is 34.9 Å². The van der Waals surface area contributed by atoms with Gasteiger partial charge in [0.15, 0.2) is 0 Å². The zero-order valence-electron chi connectivity index (χ0n) is 12.0. The van der Waals surface area contributed by atoms with Gasteiger partial charge >= 0.3 is 0 Å². The third-order valence-corrected chi connectivity index (χ3v) is 4.65. The van der Waals surface area contributed by atoms with Crippen LogP contribution in [0, 0.1) is 5.92 Å². The summed E-state index contributed by atoms with van der Waals surface area (Å²) in [5, 5.41) is 0.787. The topological polar surface area (TPSA) is 29.3 Å². The van der Waals surface area contributed by atoms with Crippen molar-refractivity contribution < 1.29 is 0 Å². The Morgan fingerprint density at radius 2 is 2.11 bits per heavy atom. The molecule has 1 aromatic rings. The number of hydrogen-bond donors (Lipinski definition) is 1. The van der Waals surface area contributed by atoms with Gasteiger partial charge in [0.1, 0.15) is 0 Å². The molecule has 1 aromatic carbocycles. The Balaban J connectivity index is 1.87. The van der Waals surface area contributed by atoms with Crippen LogP contribution in [-0.4, -0.2) is 24.0 Å². The van der Waals surface area contributed by atoms with Crippen molar-refractivity contribution in [1.29, 1.82) is 0 Å². The smallest absolute Gasteiger partial charge is 0.0453 e. The summed E-state index contributed by atoms with van der Waals surface area (Å²) in [6.45, 7) is 6.96. The van der Waals surface area contributed by atoms with E-state index in [1.807, 2.05) is 24.3 Å². The monoisotopic (exact) mass is 280 g/mol. The lowest BCUT2D eigenvalue weighted by Gasteiger charge is -2.37. The maximum atomic E-state index is 6.27. The average Bonchev–Trinajstić information content (AvgIpc) is 2.38. The summed E-state index contributed by atoms with van der Waals surface area (Å²) in [4.78, 5) is 2.57. The first-order valence-corrected chi connectivity index (χ1v) is 7.69. The summed E-state index contributed by atoms with van der Waals surface area (Å²) < 4.78 is 0. The zero-order chi connectivity index (χ0) is 13.8. The molecule has 0 aliphatic carbocycles. The molecule has 2 rings (SSSR count). The van der Waals surface area contributed by atoms with Crippen molar-refractivity contribution in [1.82, 2.24) is 4.90 Å². The van der Waals surface area contributed by atoms with E-state index in [4.69, 9.17) is 17.3 Å². The van der Waals surface area contributed by atoms with Crippen LogP contribution in [0.2, 0.25) is 5.02 Å². The summed E-state index contributed by atoms with van der Waals surface area (Å²) in [5.74, 6) is 0.864. The first-order valence-electron chi connectivity index (χ1n) is 7.32. The van der Waals surface area contributed by atoms with E-state index in [1.165, 1.54) is 19.4 Å². The van der Waals surface area contributed by atoms with E-state index < -0.39 is 0 Å². The first kappa shape index (κ1) is 14.8. The van der Waals surface area contributed by atoms with Gasteiger partial charge in [-0.25, -0.2) is 0 Å². The molecule has 19 heavy (non-hydrogen) atoms. The van der Waals surface area contributed by atoms with E-state index in [0.717, 1.165) is 29.5 Å². The van der Waals surface area contributed by atoms with Gasteiger partial charge in [-0.1, -0.05) is 36.7 Å². The maximum absolute atomic E-state index is 6.27. The standard InChI is InChI=1S/C16H25ClN2/c1-12-7-9-19(13(2)11-12)10-8-16(18)14-5-3-4-6-15(14)17/h3-6,12-13,16H,7-11,18H2,1-2H3. The number of benzene rings is 1. The van der Waals surface area contributed by atoms with Crippen molar-refractivity contribution in [3.63, 3.8) is 0 Å². The highest BCUT2D eigenvalue weighted by Crippen LogP contribution is 2.26. The Hall–Kier alpha value is -0.570. The minimum Gasteiger partial charge on any atom is -0.324 e. The van der Waals surface area contributed by atoms with Crippen LogP contribution in [0.5, 0.6) is 0 Å². The van der Waals surface area contributed by atoms with Crippen LogP contribution in [0.15, 0.2) is 24.3 Å². The number of likely N-dealkylation sites (tertiary alicyclic amines) is 1. The van der Waals surface area contributed by atoms with Crippen molar-refractivity contribution >= 4 is 11.6 Å². The Kier molecular flexibility index (Phi) is 5.26. The summed E-state index contributed by atoms with van der Waals surface area (Å²) in [7, 11) is 0. The Morgan fingerprint density at radius 1 is 1.37 bits per heavy atom. The molecule has 3 heteroatoms. The summed E-state index contributed by atoms with van der Waals surface area (Å²) in [5.41, 5.74) is 7.35. The van der Waals surface area contributed by atoms with Gasteiger partial charge in [0.25, 0.3) is 0 Å². The third-order valence-electron chi connectivity index (χ3n) is 4.31. The second-order valence-corrected chi connectivity index (χ2v) is 6.34. The summed E-state index contributed by atoms with van der Waals surface area (Å²) >= 11 is 6.19. The highest BCUT2D eigenvalue weighted by molar-refractivity contribution is 6.31. The minimum atomic E-state index is 0.0419. The predicted molar refractivity (Wildman–Crippen MR) is 82.4 cm³/mol. The number of nitrogens with two attached hydrogens (primary N) is 1. The molecule has 0 spiro atoms. The third kappa shape index (κ3) is 3.95. The van der Waals surface area contributed by atoms with Crippen LogP contribution in [0.25, 0.3) is 0 Å². The molecule has 2 N–H and O–H groups in total. The predicted octanol–water partition coefficient (Wildman–Crippen LogP) is 3.85. The Morgan fingerprint density at radius 3 is 2.79 bits per heavy atom. The van der Waals surface area contributed by atoms with Gasteiger partial charge in [0, 0.05) is 23.7 Å². The number of piperidine rings is 1. The van der Waals surface area contributed by atoms with Gasteiger partial charge in [0.05, 0.1) is 0 Å². The van der Waals surface area contributed by atoms with E-state index >= 15 is 0 Å². The van der Waals surface area contributed by atoms with Crippen molar-refractivity contribution in [2.75, 3.05) is 13.1 Å². The van der Waals surface area contributed by atoms with Crippen LogP contribution in [0.4, 0.5) is 0 Å². The van der Waals surface area contributed by atoms with Crippen LogP contribution in [0.3, 0.4) is 0 Å². The van der Waals surface area contributed by atoms with Gasteiger partial charge < -0.3 is 10.6 Å². The molecular weight excluding hydrogens is 256 g/mol. The fourth-order valence-electron chi connectivity index (χ4n) is 3.02. The van der Waals surface area contributed by atoms with Crippen LogP contribution < -0.4 is 5.73 Å². The van der Waals surface area contributed by atoms with E-state index in [0.29, 0.717) is 6.04 Å². The zero-order valence-corrected chi connectivity index (χ0v) is 12.7. The fraction of sp³-hybridized carbons (Fsp3) is 0.625. The number of hydrogen-bond acceptors (Lipinski definition) is 2. The second-order valence-electron chi connectivity index (χ2n) is 5.93. The highest BCUT2D eigenvalue weighted by atomic mass is 35.5. The quantitative estimate of drug-likeness (QED) is 0.908. The van der Waals surface area contributed by atoms with Gasteiger partial charge in [-0.2, -0.15) is 0 Å². The molecule has 0 radical (unpaired) electrons. The van der Waals surface area contributed by atoms with E-state index in [-0.39, 0.29) is 6.04 Å². The largest absolute Gasteiger partial charge is 0.324 e. The minimum absolute atomic E-state index is 0.0419. The lowest BCUT2D eigenvalue weighted by atomic mass is 9.93.